The van der Waals surface area contributed by atoms with Crippen molar-refractivity contribution in [3.63, 3.8) is 0 Å². The number of aliphatic hydroxyl groups excluding tert-OH is 1. The number of aliphatic hydroxyl groups is 1. The van der Waals surface area contributed by atoms with Crippen LogP contribution >= 0.6 is 0 Å². The molecule has 0 unspecified atom stereocenters. The van der Waals surface area contributed by atoms with Gasteiger partial charge < -0.3 is 15.2 Å². The highest BCUT2D eigenvalue weighted by molar-refractivity contribution is 5.78. The Labute approximate surface area is 95.2 Å². The summed E-state index contributed by atoms with van der Waals surface area (Å²) in [7, 11) is 1.59. The van der Waals surface area contributed by atoms with Crippen LogP contribution in [-0.2, 0) is 11.2 Å². The van der Waals surface area contributed by atoms with Crippen molar-refractivity contribution < 1.29 is 14.6 Å². The van der Waals surface area contributed by atoms with Gasteiger partial charge in [0.25, 0.3) is 0 Å². The summed E-state index contributed by atoms with van der Waals surface area (Å²) in [6.07, 6.45) is 0.293. The minimum atomic E-state index is -0.210. The summed E-state index contributed by atoms with van der Waals surface area (Å²) in [4.78, 5) is 11.5. The molecule has 1 atom stereocenters. The Bertz CT molecular complexity index is 352. The van der Waals surface area contributed by atoms with Crippen LogP contribution in [0, 0.1) is 0 Å². The molecule has 4 nitrogen and oxygen atoms in total. The zero-order valence-electron chi connectivity index (χ0n) is 9.56. The highest BCUT2D eigenvalue weighted by Gasteiger charge is 2.07. The van der Waals surface area contributed by atoms with Gasteiger partial charge in [-0.1, -0.05) is 12.1 Å². The summed E-state index contributed by atoms with van der Waals surface area (Å²) >= 11 is 0. The molecule has 1 rings (SSSR count). The van der Waals surface area contributed by atoms with Crippen molar-refractivity contribution in [2.45, 2.75) is 19.4 Å². The fourth-order valence-corrected chi connectivity index (χ4v) is 1.34. The minimum Gasteiger partial charge on any atom is -0.497 e. The van der Waals surface area contributed by atoms with Gasteiger partial charge in [-0.15, -0.1) is 0 Å². The lowest BCUT2D eigenvalue weighted by Crippen LogP contribution is -2.35. The first-order chi connectivity index (χ1) is 7.65. The van der Waals surface area contributed by atoms with Gasteiger partial charge in [0, 0.05) is 6.04 Å². The second kappa shape index (κ2) is 6.12. The third-order valence-corrected chi connectivity index (χ3v) is 2.18. The fourth-order valence-electron chi connectivity index (χ4n) is 1.34. The lowest BCUT2D eigenvalue weighted by molar-refractivity contribution is -0.121. The maximum atomic E-state index is 11.5. The van der Waals surface area contributed by atoms with Gasteiger partial charge in [-0.25, -0.2) is 0 Å². The maximum Gasteiger partial charge on any atom is 0.224 e. The third-order valence-electron chi connectivity index (χ3n) is 2.18. The topological polar surface area (TPSA) is 58.6 Å². The third kappa shape index (κ3) is 3.90. The molecule has 0 radical (unpaired) electrons. The first-order valence-electron chi connectivity index (χ1n) is 5.19. The summed E-state index contributed by atoms with van der Waals surface area (Å²) in [5.74, 6) is 0.635. The Hall–Kier alpha value is -1.55. The van der Waals surface area contributed by atoms with Crippen molar-refractivity contribution >= 4 is 5.91 Å². The minimum absolute atomic E-state index is 0.0517. The molecule has 0 aliphatic carbocycles. The van der Waals surface area contributed by atoms with Crippen LogP contribution in [0.2, 0.25) is 0 Å². The van der Waals surface area contributed by atoms with E-state index >= 15 is 0 Å². The Balaban J connectivity index is 2.55. The van der Waals surface area contributed by atoms with E-state index in [1.54, 1.807) is 14.0 Å². The Kier molecular flexibility index (Phi) is 4.79. The van der Waals surface area contributed by atoms with Gasteiger partial charge in [-0.2, -0.15) is 0 Å². The maximum absolute atomic E-state index is 11.5. The average Bonchev–Trinajstić information content (AvgIpc) is 2.28. The van der Waals surface area contributed by atoms with E-state index in [9.17, 15) is 4.79 Å². The largest absolute Gasteiger partial charge is 0.497 e. The average molecular weight is 223 g/mol. The van der Waals surface area contributed by atoms with E-state index in [-0.39, 0.29) is 18.6 Å². The molecular formula is C12H17NO3. The molecule has 0 aliphatic heterocycles. The summed E-state index contributed by atoms with van der Waals surface area (Å²) in [5, 5.41) is 11.5. The number of benzene rings is 1. The molecule has 0 heterocycles. The van der Waals surface area contributed by atoms with Crippen LogP contribution in [0.5, 0.6) is 5.75 Å². The highest BCUT2D eigenvalue weighted by Crippen LogP contribution is 2.12. The van der Waals surface area contributed by atoms with E-state index in [2.05, 4.69) is 5.32 Å². The second-order valence-corrected chi connectivity index (χ2v) is 3.68. The van der Waals surface area contributed by atoms with Crippen LogP contribution < -0.4 is 10.1 Å². The second-order valence-electron chi connectivity index (χ2n) is 3.68. The zero-order valence-corrected chi connectivity index (χ0v) is 9.56. The number of nitrogens with one attached hydrogen (secondary N) is 1. The van der Waals surface area contributed by atoms with Crippen LogP contribution in [-0.4, -0.2) is 30.8 Å². The Morgan fingerprint density at radius 1 is 1.56 bits per heavy atom. The first kappa shape index (κ1) is 12.5. The fraction of sp³-hybridized carbons (Fsp3) is 0.417. The number of hydrogen-bond donors (Lipinski definition) is 2. The molecule has 2 N–H and O–H groups in total. The first-order valence-corrected chi connectivity index (χ1v) is 5.19. The molecule has 88 valence electrons. The lowest BCUT2D eigenvalue weighted by atomic mass is 10.1. The van der Waals surface area contributed by atoms with Crippen LogP contribution in [0.1, 0.15) is 12.5 Å². The summed E-state index contributed by atoms with van der Waals surface area (Å²) in [6, 6.07) is 7.15. The van der Waals surface area contributed by atoms with E-state index in [0.29, 0.717) is 6.42 Å². The molecule has 4 heteroatoms. The van der Waals surface area contributed by atoms with Crippen molar-refractivity contribution in [1.29, 1.82) is 0 Å². The standard InChI is InChI=1S/C12H17NO3/c1-9(8-14)13-12(15)7-10-4-3-5-11(6-10)16-2/h3-6,9,14H,7-8H2,1-2H3,(H,13,15)/t9-/m0/s1. The van der Waals surface area contributed by atoms with Crippen LogP contribution in [0.15, 0.2) is 24.3 Å². The molecule has 0 aliphatic rings. The zero-order chi connectivity index (χ0) is 12.0. The number of carbonyl (C=O) groups excluding carboxylic acids is 1. The van der Waals surface area contributed by atoms with Gasteiger partial charge in [0.15, 0.2) is 0 Å². The SMILES string of the molecule is COc1cccc(CC(=O)N[C@@H](C)CO)c1. The number of carbonyl (C=O) groups is 1. The number of ether oxygens (including phenoxy) is 1. The molecular weight excluding hydrogens is 206 g/mol. The number of rotatable bonds is 5. The predicted octanol–water partition coefficient (Wildman–Crippen LogP) is 0.735. The quantitative estimate of drug-likeness (QED) is 0.774. The van der Waals surface area contributed by atoms with Crippen LogP contribution in [0.3, 0.4) is 0 Å². The molecule has 1 amide bonds. The van der Waals surface area contributed by atoms with Crippen molar-refractivity contribution in [2.24, 2.45) is 0 Å². The highest BCUT2D eigenvalue weighted by atomic mass is 16.5. The van der Waals surface area contributed by atoms with E-state index in [4.69, 9.17) is 9.84 Å². The molecule has 0 saturated heterocycles. The van der Waals surface area contributed by atoms with Crippen molar-refractivity contribution in [3.05, 3.63) is 29.8 Å². The summed E-state index contributed by atoms with van der Waals surface area (Å²) in [5.41, 5.74) is 0.891. The van der Waals surface area contributed by atoms with Crippen LogP contribution in [0.4, 0.5) is 0 Å². The van der Waals surface area contributed by atoms with Crippen LogP contribution in [0.25, 0.3) is 0 Å². The van der Waals surface area contributed by atoms with E-state index in [1.807, 2.05) is 24.3 Å². The van der Waals surface area contributed by atoms with Gasteiger partial charge in [0.1, 0.15) is 5.75 Å². The van der Waals surface area contributed by atoms with Crippen molar-refractivity contribution in [3.8, 4) is 5.75 Å². The molecule has 1 aromatic rings. The molecule has 0 aromatic heterocycles. The molecule has 0 saturated carbocycles. The number of hydrogen-bond acceptors (Lipinski definition) is 3. The van der Waals surface area contributed by atoms with E-state index < -0.39 is 0 Å². The molecule has 0 fully saturated rings. The van der Waals surface area contributed by atoms with Crippen molar-refractivity contribution in [1.82, 2.24) is 5.32 Å². The Morgan fingerprint density at radius 2 is 2.31 bits per heavy atom. The van der Waals surface area contributed by atoms with Crippen molar-refractivity contribution in [2.75, 3.05) is 13.7 Å². The van der Waals surface area contributed by atoms with Gasteiger partial charge in [-0.3, -0.25) is 4.79 Å². The van der Waals surface area contributed by atoms with Gasteiger partial charge in [0.2, 0.25) is 5.91 Å². The number of amides is 1. The van der Waals surface area contributed by atoms with Gasteiger partial charge in [-0.05, 0) is 24.6 Å². The number of methoxy groups -OCH3 is 1. The predicted molar refractivity (Wildman–Crippen MR) is 61.4 cm³/mol. The molecule has 16 heavy (non-hydrogen) atoms. The monoisotopic (exact) mass is 223 g/mol. The normalized spacial score (nSPS) is 11.9. The molecule has 0 spiro atoms. The smallest absolute Gasteiger partial charge is 0.224 e. The lowest BCUT2D eigenvalue weighted by Gasteiger charge is -2.10. The summed E-state index contributed by atoms with van der Waals surface area (Å²) in [6.45, 7) is 1.70. The summed E-state index contributed by atoms with van der Waals surface area (Å²) < 4.78 is 5.07. The van der Waals surface area contributed by atoms with E-state index in [1.165, 1.54) is 0 Å². The molecule has 1 aromatic carbocycles. The Morgan fingerprint density at radius 3 is 2.94 bits per heavy atom. The van der Waals surface area contributed by atoms with Gasteiger partial charge >= 0.3 is 0 Å². The van der Waals surface area contributed by atoms with E-state index in [0.717, 1.165) is 11.3 Å². The molecule has 0 bridgehead atoms. The van der Waals surface area contributed by atoms with Gasteiger partial charge in [0.05, 0.1) is 20.1 Å².